The second kappa shape index (κ2) is 8.09. The van der Waals surface area contributed by atoms with Crippen LogP contribution in [0, 0.1) is 0 Å². The van der Waals surface area contributed by atoms with Gasteiger partial charge in [0, 0.05) is 16.8 Å². The van der Waals surface area contributed by atoms with Gasteiger partial charge in [-0.2, -0.15) is 0 Å². The van der Waals surface area contributed by atoms with Crippen LogP contribution in [-0.2, 0) is 17.3 Å². The molecule has 1 nitrogen and oxygen atoms in total. The van der Waals surface area contributed by atoms with Gasteiger partial charge in [0.15, 0.2) is 0 Å². The smallest absolute Gasteiger partial charge is 0.0517 e. The summed E-state index contributed by atoms with van der Waals surface area (Å²) in [6.07, 6.45) is 6.12. The summed E-state index contributed by atoms with van der Waals surface area (Å²) in [5, 5.41) is 0. The molecule has 192 valence electrons. The van der Waals surface area contributed by atoms with E-state index in [0.29, 0.717) is 0 Å². The Labute approximate surface area is 228 Å². The molecule has 0 aromatic heterocycles. The van der Waals surface area contributed by atoms with E-state index in [1.807, 2.05) is 0 Å². The first kappa shape index (κ1) is 23.8. The van der Waals surface area contributed by atoms with Gasteiger partial charge >= 0.3 is 0 Å². The van der Waals surface area contributed by atoms with Crippen molar-refractivity contribution in [3.05, 3.63) is 107 Å². The van der Waals surface area contributed by atoms with Gasteiger partial charge in [0.25, 0.3) is 0 Å². The molecule has 4 aromatic carbocycles. The fraction of sp³-hybridized carbons (Fsp3) is 0.351. The number of fused-ring (bicyclic) bond motifs is 6. The molecule has 1 aliphatic heterocycles. The molecule has 0 saturated heterocycles. The monoisotopic (exact) mass is 497 g/mol. The van der Waals surface area contributed by atoms with Gasteiger partial charge < -0.3 is 4.90 Å². The second-order valence-electron chi connectivity index (χ2n) is 13.4. The Morgan fingerprint density at radius 1 is 0.684 bits per heavy atom. The first-order chi connectivity index (χ1) is 18.2. The molecule has 1 saturated carbocycles. The Hall–Kier alpha value is -3.32. The summed E-state index contributed by atoms with van der Waals surface area (Å²) in [7, 11) is 0. The van der Waals surface area contributed by atoms with Gasteiger partial charge in [-0.3, -0.25) is 0 Å². The molecule has 0 spiro atoms. The van der Waals surface area contributed by atoms with Crippen molar-refractivity contribution >= 4 is 11.4 Å². The molecule has 0 N–H and O–H groups in total. The van der Waals surface area contributed by atoms with Gasteiger partial charge in [-0.1, -0.05) is 101 Å². The Balaban J connectivity index is 1.33. The summed E-state index contributed by atoms with van der Waals surface area (Å²) >= 11 is 0. The lowest BCUT2D eigenvalue weighted by Gasteiger charge is -2.50. The fourth-order valence-electron chi connectivity index (χ4n) is 7.75. The van der Waals surface area contributed by atoms with Gasteiger partial charge in [-0.05, 0) is 100 Å². The van der Waals surface area contributed by atoms with Gasteiger partial charge in [0.2, 0.25) is 0 Å². The predicted octanol–water partition coefficient (Wildman–Crippen LogP) is 9.96. The number of nitrogens with zero attached hydrogens (tertiary/aromatic N) is 1. The molecular weight excluding hydrogens is 458 g/mol. The zero-order valence-electron chi connectivity index (χ0n) is 23.6. The summed E-state index contributed by atoms with van der Waals surface area (Å²) in [6, 6.07) is 32.7. The zero-order chi connectivity index (χ0) is 26.3. The molecule has 38 heavy (non-hydrogen) atoms. The Kier molecular flexibility index (Phi) is 5.06. The summed E-state index contributed by atoms with van der Waals surface area (Å²) in [5.74, 6) is 0. The SMILES string of the molecule is CC(C)(C)c1ccc(N2c3ccc(-c4ccc5c(c4)Cc4ccccc4-5)cc3C3(C)CCCCC23C)cc1. The largest absolute Gasteiger partial charge is 0.334 e. The molecular formula is C37H39N. The van der Waals surface area contributed by atoms with Crippen molar-refractivity contribution in [3.63, 3.8) is 0 Å². The number of anilines is 2. The third-order valence-electron chi connectivity index (χ3n) is 10.2. The Morgan fingerprint density at radius 2 is 1.37 bits per heavy atom. The summed E-state index contributed by atoms with van der Waals surface area (Å²) in [6.45, 7) is 12.0. The molecule has 1 heterocycles. The minimum absolute atomic E-state index is 0.0784. The lowest BCUT2D eigenvalue weighted by atomic mass is 9.61. The number of hydrogen-bond acceptors (Lipinski definition) is 1. The molecule has 7 rings (SSSR count). The van der Waals surface area contributed by atoms with Crippen molar-refractivity contribution in [2.45, 2.75) is 83.1 Å². The highest BCUT2D eigenvalue weighted by Gasteiger charge is 2.57. The van der Waals surface area contributed by atoms with E-state index in [9.17, 15) is 0 Å². The Morgan fingerprint density at radius 3 is 2.16 bits per heavy atom. The molecule has 2 atom stereocenters. The van der Waals surface area contributed by atoms with Crippen molar-refractivity contribution in [1.82, 2.24) is 0 Å². The van der Waals surface area contributed by atoms with Crippen molar-refractivity contribution < 1.29 is 0 Å². The maximum Gasteiger partial charge on any atom is 0.0517 e. The van der Waals surface area contributed by atoms with Gasteiger partial charge in [0.1, 0.15) is 0 Å². The molecule has 0 bridgehead atoms. The van der Waals surface area contributed by atoms with Crippen molar-refractivity contribution in [2.24, 2.45) is 0 Å². The number of rotatable bonds is 2. The van der Waals surface area contributed by atoms with Crippen LogP contribution in [0.1, 0.15) is 82.6 Å². The second-order valence-corrected chi connectivity index (χ2v) is 13.4. The number of hydrogen-bond donors (Lipinski definition) is 0. The van der Waals surface area contributed by atoms with E-state index in [4.69, 9.17) is 0 Å². The minimum atomic E-state index is 0.0784. The van der Waals surface area contributed by atoms with Crippen molar-refractivity contribution in [2.75, 3.05) is 4.90 Å². The third kappa shape index (κ3) is 3.30. The number of benzene rings is 4. The highest BCUT2D eigenvalue weighted by Crippen LogP contribution is 2.61. The lowest BCUT2D eigenvalue weighted by molar-refractivity contribution is 0.195. The first-order valence-electron chi connectivity index (χ1n) is 14.5. The van der Waals surface area contributed by atoms with Crippen LogP contribution in [0.15, 0.2) is 84.9 Å². The highest BCUT2D eigenvalue weighted by molar-refractivity contribution is 5.83. The average molecular weight is 498 g/mol. The van der Waals surface area contributed by atoms with Crippen LogP contribution in [0.2, 0.25) is 0 Å². The van der Waals surface area contributed by atoms with Crippen LogP contribution in [0.4, 0.5) is 11.4 Å². The molecule has 0 radical (unpaired) electrons. The van der Waals surface area contributed by atoms with Crippen LogP contribution in [0.3, 0.4) is 0 Å². The van der Waals surface area contributed by atoms with E-state index < -0.39 is 0 Å². The first-order valence-corrected chi connectivity index (χ1v) is 14.5. The Bertz CT molecular complexity index is 1550. The maximum absolute atomic E-state index is 2.69. The van der Waals surface area contributed by atoms with E-state index in [1.54, 1.807) is 0 Å². The molecule has 2 aliphatic carbocycles. The van der Waals surface area contributed by atoms with E-state index in [-0.39, 0.29) is 16.4 Å². The molecule has 1 fully saturated rings. The minimum Gasteiger partial charge on any atom is -0.334 e. The molecule has 2 unspecified atom stereocenters. The van der Waals surface area contributed by atoms with Gasteiger partial charge in [-0.15, -0.1) is 0 Å². The topological polar surface area (TPSA) is 3.24 Å². The molecule has 3 aliphatic rings. The standard InChI is InChI=1S/C37H39N/c1-35(2,3)29-14-16-30(17-15-29)38-34-19-13-26(24-33(34)36(4)20-8-9-21-37(36,38)5)25-12-18-32-28(22-25)23-27-10-6-7-11-31(27)32/h6-7,10-19,22,24H,8-9,20-21,23H2,1-5H3. The lowest BCUT2D eigenvalue weighted by Crippen LogP contribution is -2.54. The summed E-state index contributed by atoms with van der Waals surface area (Å²) < 4.78 is 0. The average Bonchev–Trinajstić information content (AvgIpc) is 3.37. The van der Waals surface area contributed by atoms with Crippen LogP contribution in [0.5, 0.6) is 0 Å². The molecule has 0 amide bonds. The quantitative estimate of drug-likeness (QED) is 0.234. The maximum atomic E-state index is 2.69. The molecule has 1 heteroatoms. The van der Waals surface area contributed by atoms with Crippen LogP contribution in [0.25, 0.3) is 22.3 Å². The summed E-state index contributed by atoms with van der Waals surface area (Å²) in [4.78, 5) is 2.69. The van der Waals surface area contributed by atoms with Crippen LogP contribution < -0.4 is 4.90 Å². The van der Waals surface area contributed by atoms with E-state index in [1.165, 1.54) is 81.6 Å². The third-order valence-corrected chi connectivity index (χ3v) is 10.2. The zero-order valence-corrected chi connectivity index (χ0v) is 23.6. The van der Waals surface area contributed by atoms with Gasteiger partial charge in [0.05, 0.1) is 5.54 Å². The molecule has 4 aromatic rings. The highest BCUT2D eigenvalue weighted by atomic mass is 15.3. The van der Waals surface area contributed by atoms with Gasteiger partial charge in [-0.25, -0.2) is 0 Å². The van der Waals surface area contributed by atoms with Crippen molar-refractivity contribution in [1.29, 1.82) is 0 Å². The van der Waals surface area contributed by atoms with Crippen LogP contribution in [-0.4, -0.2) is 5.54 Å². The normalized spacial score (nSPS) is 23.6. The van der Waals surface area contributed by atoms with Crippen LogP contribution >= 0.6 is 0 Å². The van der Waals surface area contributed by atoms with E-state index in [2.05, 4.69) is 124 Å². The van der Waals surface area contributed by atoms with Crippen molar-refractivity contribution in [3.8, 4) is 22.3 Å². The summed E-state index contributed by atoms with van der Waals surface area (Å²) in [5.41, 5.74) is 14.4. The fourth-order valence-corrected chi connectivity index (χ4v) is 7.75. The van der Waals surface area contributed by atoms with E-state index in [0.717, 1.165) is 6.42 Å². The predicted molar refractivity (Wildman–Crippen MR) is 162 cm³/mol. The van der Waals surface area contributed by atoms with E-state index >= 15 is 0 Å².